The number of hydrogen-bond donors (Lipinski definition) is 1. The molecule has 19 heavy (non-hydrogen) atoms. The molecule has 0 aromatic heterocycles. The van der Waals surface area contributed by atoms with E-state index in [4.69, 9.17) is 4.74 Å². The zero-order chi connectivity index (χ0) is 14.6. The lowest BCUT2D eigenvalue weighted by atomic mass is 9.93. The Morgan fingerprint density at radius 1 is 1.11 bits per heavy atom. The van der Waals surface area contributed by atoms with Crippen LogP contribution in [-0.4, -0.2) is 18.2 Å². The Balaban J connectivity index is 3.25. The van der Waals surface area contributed by atoms with Crippen molar-refractivity contribution in [2.24, 2.45) is 11.8 Å². The summed E-state index contributed by atoms with van der Waals surface area (Å²) in [5, 5.41) is 10.3. The first kappa shape index (κ1) is 15.5. The number of phenols is 1. The third-order valence-corrected chi connectivity index (χ3v) is 2.95. The zero-order valence-corrected chi connectivity index (χ0v) is 12.5. The van der Waals surface area contributed by atoms with E-state index in [1.807, 2.05) is 0 Å². The number of methoxy groups -OCH3 is 1. The summed E-state index contributed by atoms with van der Waals surface area (Å²) in [4.78, 5) is 11.7. The highest BCUT2D eigenvalue weighted by Crippen LogP contribution is 2.29. The first-order valence-corrected chi connectivity index (χ1v) is 6.78. The van der Waals surface area contributed by atoms with Crippen LogP contribution in [0.3, 0.4) is 0 Å². The van der Waals surface area contributed by atoms with Crippen molar-refractivity contribution in [2.75, 3.05) is 7.11 Å². The van der Waals surface area contributed by atoms with Crippen LogP contribution in [0.5, 0.6) is 5.75 Å². The molecular formula is C16H24O3. The number of benzene rings is 1. The van der Waals surface area contributed by atoms with Crippen molar-refractivity contribution in [2.45, 2.75) is 40.5 Å². The van der Waals surface area contributed by atoms with E-state index in [0.29, 0.717) is 23.1 Å². The normalized spacial score (nSPS) is 11.1. The molecule has 1 aromatic carbocycles. The minimum absolute atomic E-state index is 0.329. The van der Waals surface area contributed by atoms with Gasteiger partial charge in [0.25, 0.3) is 0 Å². The van der Waals surface area contributed by atoms with Crippen LogP contribution >= 0.6 is 0 Å². The predicted octanol–water partition coefficient (Wildman–Crippen LogP) is 3.58. The van der Waals surface area contributed by atoms with Gasteiger partial charge in [-0.1, -0.05) is 27.7 Å². The van der Waals surface area contributed by atoms with E-state index < -0.39 is 0 Å². The van der Waals surface area contributed by atoms with Gasteiger partial charge in [0.05, 0.1) is 12.7 Å². The molecule has 0 aliphatic heterocycles. The Kier molecular flexibility index (Phi) is 5.40. The lowest BCUT2D eigenvalue weighted by Gasteiger charge is -2.15. The highest BCUT2D eigenvalue weighted by Gasteiger charge is 2.16. The van der Waals surface area contributed by atoms with Crippen LogP contribution in [0, 0.1) is 11.8 Å². The molecule has 0 bridgehead atoms. The maximum atomic E-state index is 11.7. The second kappa shape index (κ2) is 6.60. The molecule has 0 fully saturated rings. The molecule has 3 heteroatoms. The van der Waals surface area contributed by atoms with Crippen LogP contribution in [0.15, 0.2) is 12.1 Å². The molecule has 106 valence electrons. The van der Waals surface area contributed by atoms with E-state index in [2.05, 4.69) is 27.7 Å². The van der Waals surface area contributed by atoms with E-state index in [9.17, 15) is 9.90 Å². The Hall–Kier alpha value is -1.51. The van der Waals surface area contributed by atoms with E-state index in [1.165, 1.54) is 7.11 Å². The average molecular weight is 264 g/mol. The minimum Gasteiger partial charge on any atom is -0.507 e. The van der Waals surface area contributed by atoms with Crippen LogP contribution < -0.4 is 0 Å². The fourth-order valence-corrected chi connectivity index (χ4v) is 2.19. The highest BCUT2D eigenvalue weighted by molar-refractivity contribution is 5.90. The summed E-state index contributed by atoms with van der Waals surface area (Å²) in [5.74, 6) is 0.821. The fourth-order valence-electron chi connectivity index (χ4n) is 2.19. The largest absolute Gasteiger partial charge is 0.507 e. The van der Waals surface area contributed by atoms with E-state index in [-0.39, 0.29) is 5.97 Å². The molecule has 1 aromatic rings. The molecule has 0 unspecified atom stereocenters. The topological polar surface area (TPSA) is 46.5 Å². The number of carbonyl (C=O) groups is 1. The second-order valence-corrected chi connectivity index (χ2v) is 5.83. The van der Waals surface area contributed by atoms with Gasteiger partial charge in [-0.2, -0.15) is 0 Å². The summed E-state index contributed by atoms with van der Waals surface area (Å²) in [6.07, 6.45) is 1.50. The summed E-state index contributed by atoms with van der Waals surface area (Å²) in [6, 6.07) is 3.48. The van der Waals surface area contributed by atoms with Gasteiger partial charge >= 0.3 is 5.97 Å². The van der Waals surface area contributed by atoms with Gasteiger partial charge in [0.2, 0.25) is 0 Å². The fraction of sp³-hybridized carbons (Fsp3) is 0.562. The molecular weight excluding hydrogens is 240 g/mol. The maximum absolute atomic E-state index is 11.7. The monoisotopic (exact) mass is 264 g/mol. The molecule has 1 rings (SSSR count). The first-order valence-electron chi connectivity index (χ1n) is 6.78. The summed E-state index contributed by atoms with van der Waals surface area (Å²) >= 11 is 0. The van der Waals surface area contributed by atoms with E-state index in [0.717, 1.165) is 24.0 Å². The molecule has 0 amide bonds. The molecule has 0 saturated carbocycles. The first-order chi connectivity index (χ1) is 8.85. The summed E-state index contributed by atoms with van der Waals surface area (Å²) < 4.78 is 4.78. The Morgan fingerprint density at radius 3 is 1.84 bits per heavy atom. The molecule has 1 N–H and O–H groups in total. The Bertz CT molecular complexity index is 416. The Labute approximate surface area is 115 Å². The van der Waals surface area contributed by atoms with Crippen LogP contribution in [0.25, 0.3) is 0 Å². The SMILES string of the molecule is COC(=O)c1cc(CC(C)C)c(O)c(CC(C)C)c1. The quantitative estimate of drug-likeness (QED) is 0.827. The molecule has 0 heterocycles. The number of esters is 1. The van der Waals surface area contributed by atoms with Crippen molar-refractivity contribution in [3.05, 3.63) is 28.8 Å². The predicted molar refractivity (Wildman–Crippen MR) is 76.5 cm³/mol. The highest BCUT2D eigenvalue weighted by atomic mass is 16.5. The summed E-state index contributed by atoms with van der Waals surface area (Å²) in [6.45, 7) is 8.36. The van der Waals surface area contributed by atoms with Crippen LogP contribution in [0.4, 0.5) is 0 Å². The maximum Gasteiger partial charge on any atom is 0.337 e. The third-order valence-electron chi connectivity index (χ3n) is 2.95. The van der Waals surface area contributed by atoms with Gasteiger partial charge in [-0.15, -0.1) is 0 Å². The van der Waals surface area contributed by atoms with Crippen molar-refractivity contribution in [1.29, 1.82) is 0 Å². The number of hydrogen-bond acceptors (Lipinski definition) is 3. The number of rotatable bonds is 5. The van der Waals surface area contributed by atoms with Crippen molar-refractivity contribution in [3.63, 3.8) is 0 Å². The number of aromatic hydroxyl groups is 1. The lowest BCUT2D eigenvalue weighted by molar-refractivity contribution is 0.0600. The van der Waals surface area contributed by atoms with Gasteiger partial charge in [0.15, 0.2) is 0 Å². The minimum atomic E-state index is -0.352. The summed E-state index contributed by atoms with van der Waals surface area (Å²) in [7, 11) is 1.37. The van der Waals surface area contributed by atoms with Gasteiger partial charge in [-0.05, 0) is 47.9 Å². The number of phenolic OH excluding ortho intramolecular Hbond substituents is 1. The van der Waals surface area contributed by atoms with Crippen molar-refractivity contribution in [1.82, 2.24) is 0 Å². The second-order valence-electron chi connectivity index (χ2n) is 5.83. The van der Waals surface area contributed by atoms with Gasteiger partial charge in [-0.25, -0.2) is 4.79 Å². The molecule has 0 saturated heterocycles. The van der Waals surface area contributed by atoms with Crippen molar-refractivity contribution >= 4 is 5.97 Å². The van der Waals surface area contributed by atoms with Crippen LogP contribution in [0.2, 0.25) is 0 Å². The van der Waals surface area contributed by atoms with Gasteiger partial charge in [-0.3, -0.25) is 0 Å². The number of ether oxygens (including phenoxy) is 1. The molecule has 0 aliphatic carbocycles. The van der Waals surface area contributed by atoms with E-state index >= 15 is 0 Å². The third kappa shape index (κ3) is 4.27. The van der Waals surface area contributed by atoms with Crippen LogP contribution in [0.1, 0.15) is 49.2 Å². The lowest BCUT2D eigenvalue weighted by Crippen LogP contribution is -2.07. The average Bonchev–Trinajstić information content (AvgIpc) is 2.31. The molecule has 0 spiro atoms. The smallest absolute Gasteiger partial charge is 0.337 e. The van der Waals surface area contributed by atoms with Crippen LogP contribution in [-0.2, 0) is 17.6 Å². The molecule has 0 aliphatic rings. The van der Waals surface area contributed by atoms with E-state index in [1.54, 1.807) is 12.1 Å². The molecule has 3 nitrogen and oxygen atoms in total. The van der Waals surface area contributed by atoms with Crippen molar-refractivity contribution < 1.29 is 14.6 Å². The summed E-state index contributed by atoms with van der Waals surface area (Å²) in [5.41, 5.74) is 2.17. The van der Waals surface area contributed by atoms with Gasteiger partial charge in [0.1, 0.15) is 5.75 Å². The van der Waals surface area contributed by atoms with Gasteiger partial charge < -0.3 is 9.84 Å². The molecule has 0 radical (unpaired) electrons. The molecule has 0 atom stereocenters. The van der Waals surface area contributed by atoms with Gasteiger partial charge in [0, 0.05) is 0 Å². The number of carbonyl (C=O) groups excluding carboxylic acids is 1. The van der Waals surface area contributed by atoms with Crippen molar-refractivity contribution in [3.8, 4) is 5.75 Å². The Morgan fingerprint density at radius 2 is 1.53 bits per heavy atom. The standard InChI is InChI=1S/C16H24O3/c1-10(2)6-12-8-14(16(18)19-5)9-13(15(12)17)7-11(3)4/h8-11,17H,6-7H2,1-5H3. The zero-order valence-electron chi connectivity index (χ0n) is 12.5.